The van der Waals surface area contributed by atoms with E-state index in [0.717, 1.165) is 17.5 Å². The predicted molar refractivity (Wildman–Crippen MR) is 126 cm³/mol. The molecule has 10 heteroatoms. The maximum absolute atomic E-state index is 12.3. The molecule has 1 amide bonds. The fourth-order valence-electron chi connectivity index (χ4n) is 2.83. The van der Waals surface area contributed by atoms with Crippen molar-refractivity contribution in [1.82, 2.24) is 10.3 Å². The number of pyridine rings is 1. The third kappa shape index (κ3) is 5.74. The molecule has 0 radical (unpaired) electrons. The maximum Gasteiger partial charge on any atom is 0.287 e. The highest BCUT2D eigenvalue weighted by molar-refractivity contribution is 8.18. The molecular weight excluding hydrogens is 444 g/mol. The largest absolute Gasteiger partial charge is 0.494 e. The Hall–Kier alpha value is -4.18. The van der Waals surface area contributed by atoms with Crippen molar-refractivity contribution in [2.24, 2.45) is 4.99 Å². The second kappa shape index (κ2) is 9.96. The number of carbonyl (C=O) groups excluding carboxylic acids is 1. The summed E-state index contributed by atoms with van der Waals surface area (Å²) in [6, 6.07) is 17.1. The van der Waals surface area contributed by atoms with E-state index < -0.39 is 4.92 Å². The minimum absolute atomic E-state index is 0.109. The van der Waals surface area contributed by atoms with Crippen LogP contribution in [0.2, 0.25) is 0 Å². The SMILES string of the molecule is CCOc1ccc(N=C2NC(=O)/C(=C/c3ccc(Oc4ccc([N+](=O)[O-])cn4)cc3)S2)cc1. The number of amidine groups is 1. The molecule has 9 nitrogen and oxygen atoms in total. The monoisotopic (exact) mass is 462 g/mol. The molecule has 33 heavy (non-hydrogen) atoms. The average molecular weight is 462 g/mol. The van der Waals surface area contributed by atoms with Gasteiger partial charge >= 0.3 is 0 Å². The van der Waals surface area contributed by atoms with Crippen molar-refractivity contribution in [2.45, 2.75) is 6.92 Å². The number of hydrogen-bond donors (Lipinski definition) is 1. The van der Waals surface area contributed by atoms with Crippen LogP contribution in [0, 0.1) is 10.1 Å². The number of nitrogens with one attached hydrogen (secondary N) is 1. The highest BCUT2D eigenvalue weighted by Gasteiger charge is 2.23. The van der Waals surface area contributed by atoms with Crippen molar-refractivity contribution < 1.29 is 19.2 Å². The van der Waals surface area contributed by atoms with Gasteiger partial charge in [0.25, 0.3) is 11.6 Å². The first-order valence-corrected chi connectivity index (χ1v) is 10.7. The minimum atomic E-state index is -0.523. The summed E-state index contributed by atoms with van der Waals surface area (Å²) in [7, 11) is 0. The van der Waals surface area contributed by atoms with Crippen molar-refractivity contribution in [2.75, 3.05) is 6.61 Å². The molecule has 166 valence electrons. The van der Waals surface area contributed by atoms with Crippen LogP contribution in [0.15, 0.2) is 76.8 Å². The normalized spacial score (nSPS) is 15.5. The Morgan fingerprint density at radius 3 is 2.45 bits per heavy atom. The van der Waals surface area contributed by atoms with E-state index in [1.807, 2.05) is 31.2 Å². The number of ether oxygens (including phenoxy) is 2. The summed E-state index contributed by atoms with van der Waals surface area (Å²) in [5, 5.41) is 14.0. The van der Waals surface area contributed by atoms with E-state index in [0.29, 0.717) is 28.1 Å². The van der Waals surface area contributed by atoms with Gasteiger partial charge in [-0.15, -0.1) is 0 Å². The molecule has 0 unspecified atom stereocenters. The van der Waals surface area contributed by atoms with Gasteiger partial charge in [-0.05, 0) is 66.7 Å². The lowest BCUT2D eigenvalue weighted by atomic mass is 10.2. The average Bonchev–Trinajstić information content (AvgIpc) is 3.15. The number of nitro groups is 1. The number of carbonyl (C=O) groups is 1. The smallest absolute Gasteiger partial charge is 0.287 e. The number of hydrogen-bond acceptors (Lipinski definition) is 8. The zero-order valence-corrected chi connectivity index (χ0v) is 18.2. The number of aliphatic imine (C=N–C) groups is 1. The Morgan fingerprint density at radius 2 is 1.82 bits per heavy atom. The molecule has 1 aliphatic heterocycles. The molecule has 4 rings (SSSR count). The first-order valence-electron chi connectivity index (χ1n) is 9.91. The van der Waals surface area contributed by atoms with Crippen molar-refractivity contribution in [3.05, 3.63) is 87.4 Å². The summed E-state index contributed by atoms with van der Waals surface area (Å²) in [5.41, 5.74) is 1.41. The molecule has 0 aliphatic carbocycles. The van der Waals surface area contributed by atoms with Gasteiger partial charge in [0.15, 0.2) is 5.17 Å². The van der Waals surface area contributed by atoms with Gasteiger partial charge in [0.1, 0.15) is 17.7 Å². The van der Waals surface area contributed by atoms with E-state index in [-0.39, 0.29) is 17.5 Å². The predicted octanol–water partition coefficient (Wildman–Crippen LogP) is 5.07. The summed E-state index contributed by atoms with van der Waals surface area (Å²) >= 11 is 1.26. The van der Waals surface area contributed by atoms with Gasteiger partial charge in [-0.1, -0.05) is 12.1 Å². The van der Waals surface area contributed by atoms with Gasteiger partial charge < -0.3 is 14.8 Å². The van der Waals surface area contributed by atoms with Crippen LogP contribution in [0.25, 0.3) is 6.08 Å². The van der Waals surface area contributed by atoms with E-state index >= 15 is 0 Å². The Labute approximate surface area is 193 Å². The van der Waals surface area contributed by atoms with Crippen LogP contribution in [0.1, 0.15) is 12.5 Å². The van der Waals surface area contributed by atoms with Gasteiger partial charge in [0, 0.05) is 12.1 Å². The van der Waals surface area contributed by atoms with Gasteiger partial charge in [0.05, 0.1) is 22.1 Å². The Morgan fingerprint density at radius 1 is 1.09 bits per heavy atom. The Bertz CT molecular complexity index is 1220. The standard InChI is InChI=1S/C23H18N4O5S/c1-2-31-18-10-5-16(6-11-18)25-23-26-22(28)20(33-23)13-15-3-8-19(9-4-15)32-21-12-7-17(14-24-21)27(29)30/h3-14H,2H2,1H3,(H,25,26,28)/b20-13-. The fourth-order valence-corrected chi connectivity index (χ4v) is 3.67. The summed E-state index contributed by atoms with van der Waals surface area (Å²) < 4.78 is 11.0. The first-order chi connectivity index (χ1) is 16.0. The van der Waals surface area contributed by atoms with Gasteiger partial charge in [-0.25, -0.2) is 9.98 Å². The molecule has 0 atom stereocenters. The lowest BCUT2D eigenvalue weighted by Crippen LogP contribution is -2.19. The molecule has 2 heterocycles. The summed E-state index contributed by atoms with van der Waals surface area (Å²) in [6.07, 6.45) is 2.89. The zero-order valence-electron chi connectivity index (χ0n) is 17.4. The fraction of sp³-hybridized carbons (Fsp3) is 0.0870. The zero-order chi connectivity index (χ0) is 23.2. The first kappa shape index (κ1) is 22.0. The number of benzene rings is 2. The molecule has 1 N–H and O–H groups in total. The van der Waals surface area contributed by atoms with Crippen molar-refractivity contribution >= 4 is 40.3 Å². The molecule has 1 saturated heterocycles. The van der Waals surface area contributed by atoms with Crippen LogP contribution in [-0.2, 0) is 4.79 Å². The Kier molecular flexibility index (Phi) is 6.65. The molecule has 0 bridgehead atoms. The number of rotatable bonds is 7. The second-order valence-electron chi connectivity index (χ2n) is 6.69. The van der Waals surface area contributed by atoms with Crippen molar-refractivity contribution in [1.29, 1.82) is 0 Å². The van der Waals surface area contributed by atoms with Crippen LogP contribution < -0.4 is 14.8 Å². The van der Waals surface area contributed by atoms with Crippen LogP contribution in [0.3, 0.4) is 0 Å². The second-order valence-corrected chi connectivity index (χ2v) is 7.72. The van der Waals surface area contributed by atoms with Crippen LogP contribution in [0.5, 0.6) is 17.4 Å². The van der Waals surface area contributed by atoms with Crippen molar-refractivity contribution in [3.63, 3.8) is 0 Å². The maximum atomic E-state index is 12.3. The van der Waals surface area contributed by atoms with Crippen molar-refractivity contribution in [3.8, 4) is 17.4 Å². The minimum Gasteiger partial charge on any atom is -0.494 e. The molecule has 1 aromatic heterocycles. The molecule has 1 aliphatic rings. The number of thioether (sulfide) groups is 1. The number of nitrogens with zero attached hydrogens (tertiary/aromatic N) is 3. The van der Waals surface area contributed by atoms with Crippen LogP contribution in [-0.4, -0.2) is 27.6 Å². The molecule has 1 fully saturated rings. The van der Waals surface area contributed by atoms with E-state index in [4.69, 9.17) is 9.47 Å². The lowest BCUT2D eigenvalue weighted by molar-refractivity contribution is -0.385. The topological polar surface area (TPSA) is 116 Å². The molecule has 0 spiro atoms. The van der Waals surface area contributed by atoms with Crippen LogP contribution >= 0.6 is 11.8 Å². The van der Waals surface area contributed by atoms with Gasteiger partial charge in [0.2, 0.25) is 5.88 Å². The molecule has 2 aromatic carbocycles. The van der Waals surface area contributed by atoms with Gasteiger partial charge in [-0.3, -0.25) is 14.9 Å². The molecule has 3 aromatic rings. The van der Waals surface area contributed by atoms with E-state index in [1.54, 1.807) is 30.3 Å². The quantitative estimate of drug-likeness (QED) is 0.296. The Balaban J connectivity index is 1.41. The summed E-state index contributed by atoms with van der Waals surface area (Å²) in [6.45, 7) is 2.51. The van der Waals surface area contributed by atoms with Crippen LogP contribution in [0.4, 0.5) is 11.4 Å². The van der Waals surface area contributed by atoms with E-state index in [1.165, 1.54) is 23.9 Å². The third-order valence-corrected chi connectivity index (χ3v) is 5.27. The lowest BCUT2D eigenvalue weighted by Gasteiger charge is -2.04. The third-order valence-electron chi connectivity index (χ3n) is 4.36. The molecule has 0 saturated carbocycles. The molecular formula is C23H18N4O5S. The number of amides is 1. The van der Waals surface area contributed by atoms with E-state index in [9.17, 15) is 14.9 Å². The highest BCUT2D eigenvalue weighted by atomic mass is 32.2. The van der Waals surface area contributed by atoms with Gasteiger partial charge in [-0.2, -0.15) is 0 Å². The van der Waals surface area contributed by atoms with E-state index in [2.05, 4.69) is 15.3 Å². The highest BCUT2D eigenvalue weighted by Crippen LogP contribution is 2.29. The summed E-state index contributed by atoms with van der Waals surface area (Å²) in [5.74, 6) is 1.30. The number of aromatic nitrogens is 1. The summed E-state index contributed by atoms with van der Waals surface area (Å²) in [4.78, 5) is 31.4.